The predicted molar refractivity (Wildman–Crippen MR) is 269 cm³/mol. The molecule has 0 aliphatic heterocycles. The highest BCUT2D eigenvalue weighted by Crippen LogP contribution is 2.38. The Kier molecular flexibility index (Phi) is 11.9. The summed E-state index contributed by atoms with van der Waals surface area (Å²) < 4.78 is 11.1. The summed E-state index contributed by atoms with van der Waals surface area (Å²) in [5.74, 6) is 1.68. The molecule has 9 aromatic carbocycles. The van der Waals surface area contributed by atoms with E-state index in [9.17, 15) is 0 Å². The molecule has 9 rings (SSSR count). The van der Waals surface area contributed by atoms with Gasteiger partial charge in [0.25, 0.3) is 0 Å². The van der Waals surface area contributed by atoms with Crippen molar-refractivity contribution in [3.05, 3.63) is 228 Å². The molecule has 0 aromatic heterocycles. The second-order valence-electron chi connectivity index (χ2n) is 15.9. The fourth-order valence-corrected chi connectivity index (χ4v) is 7.97. The molecule has 9 aromatic rings. The SMILES string of the molecule is CCOc1ccc(N(c2ccc(/C=C\c3ccc4cc5cc(/C=C\c6ccc(N(c7ccc(C)cc7)c7ccc(C)cc7)cc6)ccc5cc4c3)cc2)c2ccc(OC)cc2)cc1. The van der Waals surface area contributed by atoms with Crippen molar-refractivity contribution in [3.63, 3.8) is 0 Å². The lowest BCUT2D eigenvalue weighted by atomic mass is 9.99. The van der Waals surface area contributed by atoms with Crippen LogP contribution in [-0.4, -0.2) is 13.7 Å². The normalized spacial score (nSPS) is 11.4. The number of nitrogens with zero attached hydrogens (tertiary/aromatic N) is 2. The quantitative estimate of drug-likeness (QED) is 0.0855. The first kappa shape index (κ1) is 40.6. The smallest absolute Gasteiger partial charge is 0.119 e. The Labute approximate surface area is 371 Å². The second-order valence-corrected chi connectivity index (χ2v) is 15.9. The summed E-state index contributed by atoms with van der Waals surface area (Å²) in [6.45, 7) is 6.88. The minimum absolute atomic E-state index is 0.634. The third-order valence-corrected chi connectivity index (χ3v) is 11.4. The molecular weight excluding hydrogens is 769 g/mol. The Morgan fingerprint density at radius 2 is 0.667 bits per heavy atom. The largest absolute Gasteiger partial charge is 0.497 e. The minimum atomic E-state index is 0.634. The number of ether oxygens (including phenoxy) is 2. The van der Waals surface area contributed by atoms with Gasteiger partial charge in [-0.3, -0.25) is 0 Å². The van der Waals surface area contributed by atoms with Gasteiger partial charge >= 0.3 is 0 Å². The second kappa shape index (κ2) is 18.4. The van der Waals surface area contributed by atoms with Crippen LogP contribution in [0.4, 0.5) is 34.1 Å². The van der Waals surface area contributed by atoms with Crippen LogP contribution in [0, 0.1) is 13.8 Å². The van der Waals surface area contributed by atoms with E-state index in [1.165, 1.54) is 38.2 Å². The Morgan fingerprint density at radius 3 is 1.03 bits per heavy atom. The highest BCUT2D eigenvalue weighted by molar-refractivity contribution is 6.00. The van der Waals surface area contributed by atoms with Crippen LogP contribution < -0.4 is 19.3 Å². The number of fused-ring (bicyclic) bond motifs is 2. The molecule has 0 N–H and O–H groups in total. The Morgan fingerprint density at radius 1 is 0.349 bits per heavy atom. The maximum Gasteiger partial charge on any atom is 0.119 e. The van der Waals surface area contributed by atoms with E-state index in [-0.39, 0.29) is 0 Å². The third kappa shape index (κ3) is 9.41. The molecule has 0 fully saturated rings. The number of methoxy groups -OCH3 is 1. The van der Waals surface area contributed by atoms with Crippen molar-refractivity contribution in [3.8, 4) is 11.5 Å². The standard InChI is InChI=1S/C59H50N2O2/c1-5-63-59-36-32-57(33-37-59)61(56-30-34-58(62-4)35-31-56)55-28-18-45(19-29-55)11-13-47-15-21-49-40-50-38-46(14-20-48(50)41-51(49)39-47)12-10-44-16-26-54(27-17-44)60(52-22-6-42(2)7-23-52)53-24-8-43(3)9-25-53/h6-41H,5H2,1-4H3/b12-10-,13-11-. The minimum Gasteiger partial charge on any atom is -0.497 e. The van der Waals surface area contributed by atoms with E-state index < -0.39 is 0 Å². The lowest BCUT2D eigenvalue weighted by molar-refractivity contribution is 0.340. The predicted octanol–water partition coefficient (Wildman–Crippen LogP) is 16.3. The molecule has 0 radical (unpaired) electrons. The van der Waals surface area contributed by atoms with E-state index in [1.54, 1.807) is 7.11 Å². The van der Waals surface area contributed by atoms with Gasteiger partial charge in [-0.2, -0.15) is 0 Å². The molecular formula is C59H50N2O2. The van der Waals surface area contributed by atoms with Gasteiger partial charge in [0.05, 0.1) is 13.7 Å². The van der Waals surface area contributed by atoms with Crippen molar-refractivity contribution in [2.75, 3.05) is 23.5 Å². The van der Waals surface area contributed by atoms with Crippen molar-refractivity contribution in [2.45, 2.75) is 20.8 Å². The van der Waals surface area contributed by atoms with Crippen molar-refractivity contribution in [2.24, 2.45) is 0 Å². The molecule has 0 saturated carbocycles. The van der Waals surface area contributed by atoms with E-state index in [4.69, 9.17) is 9.47 Å². The van der Waals surface area contributed by atoms with Gasteiger partial charge in [-0.1, -0.05) is 108 Å². The fraction of sp³-hybridized carbons (Fsp3) is 0.0847. The maximum absolute atomic E-state index is 5.71. The number of anilines is 6. The highest BCUT2D eigenvalue weighted by atomic mass is 16.5. The Bertz CT molecular complexity index is 2980. The number of hydrogen-bond acceptors (Lipinski definition) is 4. The maximum atomic E-state index is 5.71. The molecule has 4 nitrogen and oxygen atoms in total. The summed E-state index contributed by atoms with van der Waals surface area (Å²) in [6.07, 6.45) is 8.76. The van der Waals surface area contributed by atoms with E-state index in [0.29, 0.717) is 6.61 Å². The molecule has 0 unspecified atom stereocenters. The van der Waals surface area contributed by atoms with Crippen LogP contribution in [0.1, 0.15) is 40.3 Å². The molecule has 0 aliphatic rings. The van der Waals surface area contributed by atoms with E-state index in [1.807, 2.05) is 31.2 Å². The van der Waals surface area contributed by atoms with Crippen LogP contribution in [-0.2, 0) is 0 Å². The zero-order valence-corrected chi connectivity index (χ0v) is 36.2. The number of rotatable bonds is 13. The van der Waals surface area contributed by atoms with Crippen LogP contribution in [0.25, 0.3) is 45.8 Å². The van der Waals surface area contributed by atoms with Crippen molar-refractivity contribution >= 4 is 80.0 Å². The van der Waals surface area contributed by atoms with Crippen LogP contribution in [0.2, 0.25) is 0 Å². The van der Waals surface area contributed by atoms with Gasteiger partial charge in [0.1, 0.15) is 11.5 Å². The average molecular weight is 819 g/mol. The Hall–Kier alpha value is -7.82. The zero-order valence-electron chi connectivity index (χ0n) is 36.2. The van der Waals surface area contributed by atoms with E-state index in [2.05, 4.69) is 218 Å². The molecule has 0 bridgehead atoms. The molecule has 0 spiro atoms. The van der Waals surface area contributed by atoms with E-state index >= 15 is 0 Å². The monoisotopic (exact) mass is 818 g/mol. The van der Waals surface area contributed by atoms with Gasteiger partial charge < -0.3 is 19.3 Å². The summed E-state index contributed by atoms with van der Waals surface area (Å²) in [5, 5.41) is 4.89. The van der Waals surface area contributed by atoms with Crippen LogP contribution in [0.5, 0.6) is 11.5 Å². The fourth-order valence-electron chi connectivity index (χ4n) is 7.97. The average Bonchev–Trinajstić information content (AvgIpc) is 3.32. The molecule has 308 valence electrons. The van der Waals surface area contributed by atoms with Gasteiger partial charge in [-0.05, 0) is 186 Å². The Balaban J connectivity index is 0.898. The summed E-state index contributed by atoms with van der Waals surface area (Å²) in [4.78, 5) is 4.55. The van der Waals surface area contributed by atoms with E-state index in [0.717, 1.165) is 62.3 Å². The molecule has 0 amide bonds. The first-order chi connectivity index (χ1) is 30.9. The molecule has 63 heavy (non-hydrogen) atoms. The summed E-state index contributed by atoms with van der Waals surface area (Å²) in [5.41, 5.74) is 13.7. The summed E-state index contributed by atoms with van der Waals surface area (Å²) in [6, 6.07) is 69.2. The zero-order chi connectivity index (χ0) is 43.1. The van der Waals surface area contributed by atoms with Gasteiger partial charge in [-0.25, -0.2) is 0 Å². The van der Waals surface area contributed by atoms with Crippen molar-refractivity contribution in [1.29, 1.82) is 0 Å². The van der Waals surface area contributed by atoms with Gasteiger partial charge in [0, 0.05) is 34.1 Å². The van der Waals surface area contributed by atoms with Crippen molar-refractivity contribution in [1.82, 2.24) is 0 Å². The van der Waals surface area contributed by atoms with Gasteiger partial charge in [0.2, 0.25) is 0 Å². The highest BCUT2D eigenvalue weighted by Gasteiger charge is 2.14. The molecule has 0 saturated heterocycles. The summed E-state index contributed by atoms with van der Waals surface area (Å²) >= 11 is 0. The molecule has 0 heterocycles. The topological polar surface area (TPSA) is 24.9 Å². The first-order valence-corrected chi connectivity index (χ1v) is 21.5. The number of benzene rings is 9. The number of hydrogen-bond donors (Lipinski definition) is 0. The van der Waals surface area contributed by atoms with Crippen LogP contribution in [0.3, 0.4) is 0 Å². The first-order valence-electron chi connectivity index (χ1n) is 21.5. The van der Waals surface area contributed by atoms with Gasteiger partial charge in [-0.15, -0.1) is 0 Å². The molecule has 0 atom stereocenters. The molecule has 0 aliphatic carbocycles. The van der Waals surface area contributed by atoms with Crippen molar-refractivity contribution < 1.29 is 9.47 Å². The number of aryl methyl sites for hydroxylation is 2. The third-order valence-electron chi connectivity index (χ3n) is 11.4. The van der Waals surface area contributed by atoms with Gasteiger partial charge in [0.15, 0.2) is 0 Å². The molecule has 4 heteroatoms. The lowest BCUT2D eigenvalue weighted by Crippen LogP contribution is -2.09. The van der Waals surface area contributed by atoms with Crippen LogP contribution in [0.15, 0.2) is 194 Å². The van der Waals surface area contributed by atoms with Crippen LogP contribution >= 0.6 is 0 Å². The lowest BCUT2D eigenvalue weighted by Gasteiger charge is -2.26. The summed E-state index contributed by atoms with van der Waals surface area (Å²) in [7, 11) is 1.69.